The Kier molecular flexibility index (Phi) is 5.93. The number of halogens is 2. The Labute approximate surface area is 90.9 Å². The molecule has 13 heavy (non-hydrogen) atoms. The highest BCUT2D eigenvalue weighted by Crippen LogP contribution is 2.13. The monoisotopic (exact) mass is 219 g/mol. The predicted molar refractivity (Wildman–Crippen MR) is 62.0 cm³/mol. The maximum atomic E-state index is 5.75. The van der Waals surface area contributed by atoms with E-state index in [4.69, 9.17) is 11.6 Å². The van der Waals surface area contributed by atoms with E-state index in [1.54, 1.807) is 0 Å². The number of benzene rings is 1. The molecule has 0 saturated heterocycles. The lowest BCUT2D eigenvalue weighted by molar-refractivity contribution is 0.689. The summed E-state index contributed by atoms with van der Waals surface area (Å²) in [5.74, 6) is 0.667. The van der Waals surface area contributed by atoms with Gasteiger partial charge in [-0.05, 0) is 30.2 Å². The minimum Gasteiger partial charge on any atom is -0.385 e. The van der Waals surface area contributed by atoms with E-state index in [0.29, 0.717) is 5.92 Å². The first-order chi connectivity index (χ1) is 5.68. The molecule has 0 amide bonds. The fraction of sp³-hybridized carbons (Fsp3) is 0.400. The Balaban J connectivity index is 0.00000144. The van der Waals surface area contributed by atoms with Gasteiger partial charge in [0.2, 0.25) is 0 Å². The molecule has 3 heteroatoms. The molecule has 0 bridgehead atoms. The average Bonchev–Trinajstić information content (AvgIpc) is 2.03. The lowest BCUT2D eigenvalue weighted by atomic mass is 10.2. The van der Waals surface area contributed by atoms with Crippen molar-refractivity contribution in [1.29, 1.82) is 0 Å². The molecule has 0 heterocycles. The summed E-state index contributed by atoms with van der Waals surface area (Å²) >= 11 is 5.75. The van der Waals surface area contributed by atoms with Crippen LogP contribution in [-0.4, -0.2) is 6.54 Å². The van der Waals surface area contributed by atoms with Gasteiger partial charge in [-0.1, -0.05) is 25.4 Å². The highest BCUT2D eigenvalue weighted by Gasteiger charge is 1.93. The fourth-order valence-electron chi connectivity index (χ4n) is 0.890. The summed E-state index contributed by atoms with van der Waals surface area (Å²) in [4.78, 5) is 0. The molecule has 0 aliphatic rings. The summed E-state index contributed by atoms with van der Waals surface area (Å²) in [5, 5.41) is 4.10. The zero-order valence-electron chi connectivity index (χ0n) is 7.88. The lowest BCUT2D eigenvalue weighted by Gasteiger charge is -2.08. The third kappa shape index (κ3) is 5.02. The second-order valence-corrected chi connectivity index (χ2v) is 3.72. The molecule has 0 saturated carbocycles. The van der Waals surface area contributed by atoms with Crippen LogP contribution in [0.1, 0.15) is 13.8 Å². The molecule has 0 atom stereocenters. The minimum atomic E-state index is 0. The molecule has 1 N–H and O–H groups in total. The Morgan fingerprint density at radius 3 is 2.23 bits per heavy atom. The highest BCUT2D eigenvalue weighted by atomic mass is 35.5. The minimum absolute atomic E-state index is 0. The van der Waals surface area contributed by atoms with E-state index >= 15 is 0 Å². The normalized spacial score (nSPS) is 9.54. The molecular formula is C10H15Cl2N. The Bertz CT molecular complexity index is 231. The van der Waals surface area contributed by atoms with Crippen LogP contribution in [0.25, 0.3) is 0 Å². The summed E-state index contributed by atoms with van der Waals surface area (Å²) in [6.07, 6.45) is 0. The number of hydrogen-bond donors (Lipinski definition) is 1. The summed E-state index contributed by atoms with van der Waals surface area (Å²) in [6.45, 7) is 5.37. The third-order valence-corrected chi connectivity index (χ3v) is 1.81. The van der Waals surface area contributed by atoms with Crippen molar-refractivity contribution >= 4 is 29.7 Å². The van der Waals surface area contributed by atoms with Crippen molar-refractivity contribution in [2.24, 2.45) is 5.92 Å². The van der Waals surface area contributed by atoms with E-state index in [1.165, 1.54) is 0 Å². The second-order valence-electron chi connectivity index (χ2n) is 3.28. The van der Waals surface area contributed by atoms with Crippen LogP contribution >= 0.6 is 24.0 Å². The Morgan fingerprint density at radius 1 is 1.23 bits per heavy atom. The molecule has 1 rings (SSSR count). The van der Waals surface area contributed by atoms with Gasteiger partial charge in [0.05, 0.1) is 0 Å². The van der Waals surface area contributed by atoms with Crippen LogP contribution in [0.4, 0.5) is 5.69 Å². The van der Waals surface area contributed by atoms with Crippen molar-refractivity contribution < 1.29 is 0 Å². The molecule has 0 fully saturated rings. The predicted octanol–water partition coefficient (Wildman–Crippen LogP) is 3.83. The van der Waals surface area contributed by atoms with Gasteiger partial charge < -0.3 is 5.32 Å². The number of rotatable bonds is 3. The van der Waals surface area contributed by atoms with E-state index < -0.39 is 0 Å². The zero-order valence-corrected chi connectivity index (χ0v) is 9.45. The Morgan fingerprint density at radius 2 is 1.77 bits per heavy atom. The van der Waals surface area contributed by atoms with Crippen molar-refractivity contribution in [2.45, 2.75) is 13.8 Å². The van der Waals surface area contributed by atoms with E-state index in [0.717, 1.165) is 17.3 Å². The van der Waals surface area contributed by atoms with Gasteiger partial charge >= 0.3 is 0 Å². The topological polar surface area (TPSA) is 12.0 Å². The van der Waals surface area contributed by atoms with Crippen LogP contribution in [0.2, 0.25) is 5.02 Å². The van der Waals surface area contributed by atoms with Gasteiger partial charge in [0.1, 0.15) is 0 Å². The first kappa shape index (κ1) is 12.6. The number of nitrogens with one attached hydrogen (secondary N) is 1. The van der Waals surface area contributed by atoms with Crippen LogP contribution in [0, 0.1) is 5.92 Å². The molecule has 0 unspecified atom stereocenters. The SMILES string of the molecule is CC(C)CNc1ccc(Cl)cc1.Cl. The van der Waals surface area contributed by atoms with E-state index in [9.17, 15) is 0 Å². The Hall–Kier alpha value is -0.400. The van der Waals surface area contributed by atoms with Crippen LogP contribution in [0.15, 0.2) is 24.3 Å². The van der Waals surface area contributed by atoms with Gasteiger partial charge in [0.25, 0.3) is 0 Å². The molecule has 0 aliphatic heterocycles. The van der Waals surface area contributed by atoms with Crippen molar-refractivity contribution in [1.82, 2.24) is 0 Å². The maximum Gasteiger partial charge on any atom is 0.0407 e. The van der Waals surface area contributed by atoms with Gasteiger partial charge in [-0.3, -0.25) is 0 Å². The molecule has 1 aromatic rings. The standard InChI is InChI=1S/C10H14ClN.ClH/c1-8(2)7-12-10-5-3-9(11)4-6-10;/h3-6,8,12H,7H2,1-2H3;1H. The van der Waals surface area contributed by atoms with Gasteiger partial charge in [0, 0.05) is 17.3 Å². The number of anilines is 1. The summed E-state index contributed by atoms with van der Waals surface area (Å²) < 4.78 is 0. The van der Waals surface area contributed by atoms with Gasteiger partial charge in [-0.15, -0.1) is 12.4 Å². The van der Waals surface area contributed by atoms with Crippen LogP contribution < -0.4 is 5.32 Å². The smallest absolute Gasteiger partial charge is 0.0407 e. The van der Waals surface area contributed by atoms with Crippen molar-refractivity contribution in [3.05, 3.63) is 29.3 Å². The molecule has 1 nitrogen and oxygen atoms in total. The molecule has 0 radical (unpaired) electrons. The summed E-state index contributed by atoms with van der Waals surface area (Å²) in [7, 11) is 0. The highest BCUT2D eigenvalue weighted by molar-refractivity contribution is 6.30. The van der Waals surface area contributed by atoms with Crippen LogP contribution in [0.3, 0.4) is 0 Å². The molecule has 0 aliphatic carbocycles. The van der Waals surface area contributed by atoms with E-state index in [-0.39, 0.29) is 12.4 Å². The maximum absolute atomic E-state index is 5.75. The summed E-state index contributed by atoms with van der Waals surface area (Å²) in [5.41, 5.74) is 1.13. The molecule has 1 aromatic carbocycles. The van der Waals surface area contributed by atoms with Crippen molar-refractivity contribution in [3.63, 3.8) is 0 Å². The third-order valence-electron chi connectivity index (χ3n) is 1.56. The van der Waals surface area contributed by atoms with Gasteiger partial charge in [0.15, 0.2) is 0 Å². The average molecular weight is 220 g/mol. The fourth-order valence-corrected chi connectivity index (χ4v) is 1.02. The quantitative estimate of drug-likeness (QED) is 0.816. The van der Waals surface area contributed by atoms with Gasteiger partial charge in [-0.2, -0.15) is 0 Å². The van der Waals surface area contributed by atoms with Crippen molar-refractivity contribution in [3.8, 4) is 0 Å². The second kappa shape index (κ2) is 6.11. The first-order valence-corrected chi connectivity index (χ1v) is 4.55. The first-order valence-electron chi connectivity index (χ1n) is 4.18. The lowest BCUT2D eigenvalue weighted by Crippen LogP contribution is -2.07. The largest absolute Gasteiger partial charge is 0.385 e. The van der Waals surface area contributed by atoms with E-state index in [1.807, 2.05) is 24.3 Å². The van der Waals surface area contributed by atoms with Crippen molar-refractivity contribution in [2.75, 3.05) is 11.9 Å². The van der Waals surface area contributed by atoms with Crippen LogP contribution in [0.5, 0.6) is 0 Å². The molecular weight excluding hydrogens is 205 g/mol. The molecule has 0 aromatic heterocycles. The zero-order chi connectivity index (χ0) is 8.97. The van der Waals surface area contributed by atoms with Crippen LogP contribution in [-0.2, 0) is 0 Å². The summed E-state index contributed by atoms with van der Waals surface area (Å²) in [6, 6.07) is 7.77. The van der Waals surface area contributed by atoms with Gasteiger partial charge in [-0.25, -0.2) is 0 Å². The molecule has 74 valence electrons. The van der Waals surface area contributed by atoms with E-state index in [2.05, 4.69) is 19.2 Å². The number of hydrogen-bond acceptors (Lipinski definition) is 1. The molecule has 0 spiro atoms.